The summed E-state index contributed by atoms with van der Waals surface area (Å²) >= 11 is 0. The summed E-state index contributed by atoms with van der Waals surface area (Å²) in [6, 6.07) is 33.4. The molecule has 0 fully saturated rings. The van der Waals surface area contributed by atoms with Gasteiger partial charge in [-0.1, -0.05) is 91.0 Å². The first kappa shape index (κ1) is 18.2. The van der Waals surface area contributed by atoms with Crippen molar-refractivity contribution >= 4 is 43.1 Å². The molecule has 154 valence electrons. The summed E-state index contributed by atoms with van der Waals surface area (Å²) in [5.74, 6) is 0.863. The summed E-state index contributed by atoms with van der Waals surface area (Å²) in [7, 11) is 0. The third-order valence-electron chi connectivity index (χ3n) is 7.82. The summed E-state index contributed by atoms with van der Waals surface area (Å²) in [5.41, 5.74) is 4.94. The lowest BCUT2D eigenvalue weighted by Crippen LogP contribution is -2.15. The first-order valence-electron chi connectivity index (χ1n) is 12.0. The fourth-order valence-electron chi connectivity index (χ4n) is 6.39. The molecule has 2 aliphatic carbocycles. The Kier molecular flexibility index (Phi) is 4.02. The van der Waals surface area contributed by atoms with Crippen molar-refractivity contribution in [3.05, 3.63) is 108 Å². The molecular formula is C32H26. The normalized spacial score (nSPS) is 17.1. The minimum Gasteiger partial charge on any atom is -0.0614 e. The van der Waals surface area contributed by atoms with E-state index >= 15 is 0 Å². The van der Waals surface area contributed by atoms with Crippen molar-refractivity contribution in [2.45, 2.75) is 38.0 Å². The Hall–Kier alpha value is -3.38. The Morgan fingerprint density at radius 2 is 0.969 bits per heavy atom. The summed E-state index contributed by atoms with van der Waals surface area (Å²) in [6.07, 6.45) is 6.78. The van der Waals surface area contributed by atoms with E-state index in [2.05, 4.69) is 91.0 Å². The van der Waals surface area contributed by atoms with Crippen LogP contribution in [0.5, 0.6) is 0 Å². The zero-order valence-electron chi connectivity index (χ0n) is 18.3. The highest BCUT2D eigenvalue weighted by molar-refractivity contribution is 6.22. The molecule has 0 saturated heterocycles. The Morgan fingerprint density at radius 1 is 0.438 bits per heavy atom. The molecule has 2 aliphatic rings. The van der Waals surface area contributed by atoms with Crippen LogP contribution in [0.3, 0.4) is 0 Å². The van der Waals surface area contributed by atoms with Gasteiger partial charge in [-0.15, -0.1) is 0 Å². The van der Waals surface area contributed by atoms with E-state index in [9.17, 15) is 0 Å². The van der Waals surface area contributed by atoms with Crippen LogP contribution in [0.15, 0.2) is 91.0 Å². The number of hydrogen-bond donors (Lipinski definition) is 0. The first-order valence-corrected chi connectivity index (χ1v) is 12.0. The van der Waals surface area contributed by atoms with Gasteiger partial charge in [0.2, 0.25) is 0 Å². The smallest absolute Gasteiger partial charge is 0.00268 e. The SMILES string of the molecule is c1cc2c3c4c(ccc3c1)CCCC4CC2.c1cc2ccc3cccc4ccc(c1)c2c34. The average Bonchev–Trinajstić information content (AvgIpc) is 2.87. The largest absolute Gasteiger partial charge is 0.0614 e. The second-order valence-electron chi connectivity index (χ2n) is 9.57. The van der Waals surface area contributed by atoms with Crippen molar-refractivity contribution in [2.24, 2.45) is 0 Å². The highest BCUT2D eigenvalue weighted by atomic mass is 14.3. The standard InChI is InChI=1S/C16H16.C16H10/c2*1-3-11-7-9-13-5-2-6-14-10-8-12(4-1)15(11)16(13)14/h1,3-4,7,9,14H,2,5-6,8,10H2;1-10H. The summed E-state index contributed by atoms with van der Waals surface area (Å²) in [4.78, 5) is 0. The van der Waals surface area contributed by atoms with Crippen molar-refractivity contribution in [1.82, 2.24) is 0 Å². The van der Waals surface area contributed by atoms with Crippen LogP contribution >= 0.6 is 0 Å². The van der Waals surface area contributed by atoms with E-state index in [1.807, 2.05) is 0 Å². The molecule has 32 heavy (non-hydrogen) atoms. The van der Waals surface area contributed by atoms with Crippen LogP contribution in [0.25, 0.3) is 43.1 Å². The van der Waals surface area contributed by atoms with Gasteiger partial charge >= 0.3 is 0 Å². The van der Waals surface area contributed by atoms with E-state index in [0.29, 0.717) is 0 Å². The molecule has 1 atom stereocenters. The molecule has 0 saturated carbocycles. The highest BCUT2D eigenvalue weighted by Crippen LogP contribution is 2.44. The van der Waals surface area contributed by atoms with Crippen LogP contribution in [0.2, 0.25) is 0 Å². The van der Waals surface area contributed by atoms with Crippen LogP contribution in [0, 0.1) is 0 Å². The number of hydrogen-bond acceptors (Lipinski definition) is 0. The van der Waals surface area contributed by atoms with Gasteiger partial charge < -0.3 is 0 Å². The second-order valence-corrected chi connectivity index (χ2v) is 9.57. The summed E-state index contributed by atoms with van der Waals surface area (Å²) in [6.45, 7) is 0. The van der Waals surface area contributed by atoms with E-state index in [4.69, 9.17) is 0 Å². The van der Waals surface area contributed by atoms with E-state index in [1.165, 1.54) is 69.8 Å². The van der Waals surface area contributed by atoms with Gasteiger partial charge in [0.25, 0.3) is 0 Å². The van der Waals surface area contributed by atoms with E-state index < -0.39 is 0 Å². The summed E-state index contributed by atoms with van der Waals surface area (Å²) < 4.78 is 0. The van der Waals surface area contributed by atoms with Gasteiger partial charge in [-0.2, -0.15) is 0 Å². The molecule has 0 spiro atoms. The predicted molar refractivity (Wildman–Crippen MR) is 138 cm³/mol. The molecule has 0 bridgehead atoms. The van der Waals surface area contributed by atoms with Crippen molar-refractivity contribution in [2.75, 3.05) is 0 Å². The molecule has 0 nitrogen and oxygen atoms in total. The lowest BCUT2D eigenvalue weighted by Gasteiger charge is -2.31. The molecule has 0 aromatic heterocycles. The molecule has 6 aromatic carbocycles. The lowest BCUT2D eigenvalue weighted by molar-refractivity contribution is 0.516. The average molecular weight is 411 g/mol. The molecule has 0 heteroatoms. The monoisotopic (exact) mass is 410 g/mol. The lowest BCUT2D eigenvalue weighted by atomic mass is 9.73. The quantitative estimate of drug-likeness (QED) is 0.219. The van der Waals surface area contributed by atoms with Crippen molar-refractivity contribution in [3.63, 3.8) is 0 Å². The van der Waals surface area contributed by atoms with E-state index in [0.717, 1.165) is 5.92 Å². The van der Waals surface area contributed by atoms with Crippen LogP contribution in [-0.4, -0.2) is 0 Å². The Labute approximate surface area is 188 Å². The van der Waals surface area contributed by atoms with Gasteiger partial charge in [-0.3, -0.25) is 0 Å². The molecule has 0 N–H and O–H groups in total. The Balaban J connectivity index is 0.000000113. The van der Waals surface area contributed by atoms with Gasteiger partial charge in [0.05, 0.1) is 0 Å². The van der Waals surface area contributed by atoms with Crippen molar-refractivity contribution in [3.8, 4) is 0 Å². The molecule has 0 heterocycles. The minimum atomic E-state index is 0.863. The molecule has 0 amide bonds. The molecule has 1 unspecified atom stereocenters. The zero-order valence-corrected chi connectivity index (χ0v) is 18.3. The van der Waals surface area contributed by atoms with E-state index in [-0.39, 0.29) is 0 Å². The molecule has 0 aliphatic heterocycles. The van der Waals surface area contributed by atoms with Gasteiger partial charge in [0.15, 0.2) is 0 Å². The van der Waals surface area contributed by atoms with Gasteiger partial charge in [-0.25, -0.2) is 0 Å². The maximum Gasteiger partial charge on any atom is -0.00268 e. The second kappa shape index (κ2) is 7.07. The summed E-state index contributed by atoms with van der Waals surface area (Å²) in [5, 5.41) is 11.2. The van der Waals surface area contributed by atoms with Gasteiger partial charge in [0.1, 0.15) is 0 Å². The van der Waals surface area contributed by atoms with E-state index in [1.54, 1.807) is 22.1 Å². The molecule has 0 radical (unpaired) electrons. The van der Waals surface area contributed by atoms with Crippen LogP contribution < -0.4 is 0 Å². The molecule has 8 rings (SSSR count). The van der Waals surface area contributed by atoms with Crippen LogP contribution in [-0.2, 0) is 12.8 Å². The molecular weight excluding hydrogens is 384 g/mol. The Bertz CT molecular complexity index is 1470. The zero-order chi connectivity index (χ0) is 21.1. The highest BCUT2D eigenvalue weighted by Gasteiger charge is 2.26. The number of benzene rings is 6. The molecule has 6 aromatic rings. The van der Waals surface area contributed by atoms with Gasteiger partial charge in [0, 0.05) is 0 Å². The number of rotatable bonds is 0. The maximum atomic E-state index is 2.37. The fourth-order valence-corrected chi connectivity index (χ4v) is 6.39. The van der Waals surface area contributed by atoms with Crippen molar-refractivity contribution in [1.29, 1.82) is 0 Å². The van der Waals surface area contributed by atoms with Crippen LogP contribution in [0.1, 0.15) is 41.9 Å². The maximum absolute atomic E-state index is 2.37. The van der Waals surface area contributed by atoms with Crippen molar-refractivity contribution < 1.29 is 0 Å². The van der Waals surface area contributed by atoms with Gasteiger partial charge in [-0.05, 0) is 97.8 Å². The topological polar surface area (TPSA) is 0 Å². The number of aryl methyl sites for hydroxylation is 2. The minimum absolute atomic E-state index is 0.863. The first-order chi connectivity index (χ1) is 15.9. The third-order valence-corrected chi connectivity index (χ3v) is 7.82. The third kappa shape index (κ3) is 2.69. The predicted octanol–water partition coefficient (Wildman–Crippen LogP) is 8.79. The fraction of sp³-hybridized carbons (Fsp3) is 0.188. The van der Waals surface area contributed by atoms with Crippen LogP contribution in [0.4, 0.5) is 0 Å². The Morgan fingerprint density at radius 3 is 1.59 bits per heavy atom.